The van der Waals surface area contributed by atoms with Gasteiger partial charge in [-0.05, 0) is 68.8 Å². The van der Waals surface area contributed by atoms with Crippen molar-refractivity contribution in [2.45, 2.75) is 96.1 Å². The summed E-state index contributed by atoms with van der Waals surface area (Å²) in [7, 11) is 0. The third-order valence-corrected chi connectivity index (χ3v) is 7.95. The second-order valence-electron chi connectivity index (χ2n) is 10.5. The number of carbonyl (C=O) groups is 3. The molecule has 0 bridgehead atoms. The summed E-state index contributed by atoms with van der Waals surface area (Å²) in [6, 6.07) is 9.99. The zero-order chi connectivity index (χ0) is 25.3. The lowest BCUT2D eigenvalue weighted by Crippen LogP contribution is -2.51. The van der Waals surface area contributed by atoms with Crippen molar-refractivity contribution in [1.29, 1.82) is 0 Å². The van der Waals surface area contributed by atoms with Crippen molar-refractivity contribution in [2.24, 2.45) is 16.8 Å². The Labute approximate surface area is 210 Å². The van der Waals surface area contributed by atoms with Gasteiger partial charge in [0.15, 0.2) is 0 Å². The van der Waals surface area contributed by atoms with E-state index in [1.54, 1.807) is 0 Å². The van der Waals surface area contributed by atoms with E-state index in [9.17, 15) is 19.5 Å². The van der Waals surface area contributed by atoms with Gasteiger partial charge in [-0.15, -0.1) is 0 Å². The number of aliphatic hydroxyl groups is 1. The van der Waals surface area contributed by atoms with Gasteiger partial charge in [-0.3, -0.25) is 19.4 Å². The van der Waals surface area contributed by atoms with Gasteiger partial charge < -0.3 is 10.0 Å². The van der Waals surface area contributed by atoms with Crippen LogP contribution < -0.4 is 0 Å². The Morgan fingerprint density at radius 3 is 2.63 bits per heavy atom. The molecule has 2 aliphatic rings. The molecular formula is C29H42N2O4. The molecule has 35 heavy (non-hydrogen) atoms. The number of nitrogens with zero attached hydrogens (tertiary/aromatic N) is 2. The lowest BCUT2D eigenvalue weighted by Gasteiger charge is -2.40. The minimum atomic E-state index is -1.51. The molecule has 1 saturated carbocycles. The van der Waals surface area contributed by atoms with Gasteiger partial charge in [-0.25, -0.2) is 0 Å². The molecule has 1 aliphatic heterocycles. The smallest absolute Gasteiger partial charge is 0.247 e. The van der Waals surface area contributed by atoms with Crippen LogP contribution >= 0.6 is 0 Å². The van der Waals surface area contributed by atoms with Crippen molar-refractivity contribution in [3.63, 3.8) is 0 Å². The van der Waals surface area contributed by atoms with Crippen LogP contribution in [0, 0.1) is 11.8 Å². The number of Topliss-reactive ketones (excluding diaryl/α,β-unsaturated/α-hetero) is 2. The molecule has 1 heterocycles. The van der Waals surface area contributed by atoms with Crippen LogP contribution in [0.1, 0.15) is 83.6 Å². The van der Waals surface area contributed by atoms with E-state index in [0.29, 0.717) is 38.1 Å². The average Bonchev–Trinajstić information content (AvgIpc) is 2.87. The first-order valence-corrected chi connectivity index (χ1v) is 13.5. The summed E-state index contributed by atoms with van der Waals surface area (Å²) in [5.74, 6) is -0.921. The summed E-state index contributed by atoms with van der Waals surface area (Å²) < 4.78 is 0. The van der Waals surface area contributed by atoms with Crippen molar-refractivity contribution in [3.8, 4) is 0 Å². The maximum absolute atomic E-state index is 12.8. The van der Waals surface area contributed by atoms with Crippen LogP contribution in [0.5, 0.6) is 0 Å². The van der Waals surface area contributed by atoms with Crippen LogP contribution in [0.15, 0.2) is 35.3 Å². The van der Waals surface area contributed by atoms with Gasteiger partial charge in [0.1, 0.15) is 11.6 Å². The van der Waals surface area contributed by atoms with Crippen molar-refractivity contribution >= 4 is 23.7 Å². The number of amides is 1. The fourth-order valence-corrected chi connectivity index (χ4v) is 5.42. The predicted molar refractivity (Wildman–Crippen MR) is 138 cm³/mol. The van der Waals surface area contributed by atoms with Crippen LogP contribution in [0.2, 0.25) is 0 Å². The molecular weight excluding hydrogens is 440 g/mol. The first-order chi connectivity index (χ1) is 16.8. The van der Waals surface area contributed by atoms with E-state index in [-0.39, 0.29) is 18.2 Å². The molecule has 1 aromatic carbocycles. The number of hydrogen-bond acceptors (Lipinski definition) is 5. The van der Waals surface area contributed by atoms with Gasteiger partial charge in [0, 0.05) is 19.2 Å². The predicted octanol–water partition coefficient (Wildman–Crippen LogP) is 4.57. The van der Waals surface area contributed by atoms with Gasteiger partial charge in [0.25, 0.3) is 0 Å². The Morgan fingerprint density at radius 2 is 1.89 bits per heavy atom. The highest BCUT2D eigenvalue weighted by Crippen LogP contribution is 2.39. The lowest BCUT2D eigenvalue weighted by molar-refractivity contribution is -0.157. The Balaban J connectivity index is 1.37. The monoisotopic (exact) mass is 482 g/mol. The summed E-state index contributed by atoms with van der Waals surface area (Å²) in [5.41, 5.74) is -0.194. The molecule has 6 nitrogen and oxygen atoms in total. The Morgan fingerprint density at radius 1 is 1.11 bits per heavy atom. The standard InChI is InChI=1S/C29H42N2O4/c1-3-23-17-16-22(2)29(35,21-23)27(33)26(32)15-8-7-14-25-28(34)31(20-18-30-25)19-10-9-13-24-11-5-4-6-12-24/h4-6,11-12,18,22-23,25,35H,3,7-10,13-17,19-21H2,1-2H3/t22-,23-,25?,29+/m1/s1. The third-order valence-electron chi connectivity index (χ3n) is 7.95. The zero-order valence-corrected chi connectivity index (χ0v) is 21.5. The molecule has 4 atom stereocenters. The normalized spacial score (nSPS) is 26.7. The first-order valence-electron chi connectivity index (χ1n) is 13.5. The van der Waals surface area contributed by atoms with Crippen LogP contribution in [0.25, 0.3) is 0 Å². The second kappa shape index (κ2) is 13.1. The number of rotatable bonds is 13. The van der Waals surface area contributed by atoms with E-state index in [4.69, 9.17) is 0 Å². The summed E-state index contributed by atoms with van der Waals surface area (Å²) in [6.45, 7) is 5.23. The van der Waals surface area contributed by atoms with Gasteiger partial charge in [0.05, 0.1) is 6.54 Å². The number of ketones is 2. The maximum atomic E-state index is 12.8. The zero-order valence-electron chi connectivity index (χ0n) is 21.5. The van der Waals surface area contributed by atoms with E-state index < -0.39 is 23.2 Å². The van der Waals surface area contributed by atoms with E-state index in [0.717, 1.165) is 45.1 Å². The molecule has 1 fully saturated rings. The van der Waals surface area contributed by atoms with Crippen molar-refractivity contribution in [3.05, 3.63) is 35.9 Å². The Kier molecular flexibility index (Phi) is 10.2. The fraction of sp³-hybridized carbons (Fsp3) is 0.655. The van der Waals surface area contributed by atoms with Crippen molar-refractivity contribution in [2.75, 3.05) is 13.1 Å². The minimum absolute atomic E-state index is 0.0607. The SMILES string of the molecule is CC[C@@H]1CC[C@@H](C)[C@](O)(C(=O)C(=O)CCCCC2N=CCN(CCCCc3ccccc3)C2=O)C1. The average molecular weight is 483 g/mol. The van der Waals surface area contributed by atoms with E-state index in [1.807, 2.05) is 36.2 Å². The molecule has 3 rings (SSSR count). The topological polar surface area (TPSA) is 87.0 Å². The van der Waals surface area contributed by atoms with E-state index >= 15 is 0 Å². The van der Waals surface area contributed by atoms with Gasteiger partial charge in [-0.1, -0.05) is 57.0 Å². The summed E-state index contributed by atoms with van der Waals surface area (Å²) in [6.07, 6.45) is 9.80. The summed E-state index contributed by atoms with van der Waals surface area (Å²) in [4.78, 5) is 44.5. The van der Waals surface area contributed by atoms with Crippen LogP contribution in [-0.2, 0) is 20.8 Å². The number of aryl methyl sites for hydroxylation is 1. The third kappa shape index (κ3) is 7.33. The molecule has 0 spiro atoms. The van der Waals surface area contributed by atoms with E-state index in [1.165, 1.54) is 5.56 Å². The second-order valence-corrected chi connectivity index (χ2v) is 10.5. The van der Waals surface area contributed by atoms with Crippen LogP contribution in [0.4, 0.5) is 0 Å². The van der Waals surface area contributed by atoms with E-state index in [2.05, 4.69) is 24.0 Å². The summed E-state index contributed by atoms with van der Waals surface area (Å²) in [5, 5.41) is 11.0. The molecule has 1 amide bonds. The maximum Gasteiger partial charge on any atom is 0.247 e. The Bertz CT molecular complexity index is 884. The molecule has 1 N–H and O–H groups in total. The number of hydrogen-bond donors (Lipinski definition) is 1. The van der Waals surface area contributed by atoms with Gasteiger partial charge >= 0.3 is 0 Å². The highest BCUT2D eigenvalue weighted by atomic mass is 16.3. The molecule has 6 heteroatoms. The van der Waals surface area contributed by atoms with Gasteiger partial charge in [-0.2, -0.15) is 0 Å². The van der Waals surface area contributed by atoms with Crippen molar-refractivity contribution in [1.82, 2.24) is 4.90 Å². The number of benzene rings is 1. The van der Waals surface area contributed by atoms with Gasteiger partial charge in [0.2, 0.25) is 17.5 Å². The molecule has 0 saturated heterocycles. The number of aliphatic imine (C=N–C) groups is 1. The lowest BCUT2D eigenvalue weighted by atomic mass is 9.68. The Hall–Kier alpha value is -2.34. The molecule has 0 aromatic heterocycles. The molecule has 1 unspecified atom stereocenters. The van der Waals surface area contributed by atoms with Crippen molar-refractivity contribution < 1.29 is 19.5 Å². The molecule has 0 radical (unpaired) electrons. The van der Waals surface area contributed by atoms with Crippen LogP contribution in [-0.4, -0.2) is 58.4 Å². The van der Waals surface area contributed by atoms with Crippen LogP contribution in [0.3, 0.4) is 0 Å². The molecule has 192 valence electrons. The molecule has 1 aliphatic carbocycles. The number of carbonyl (C=O) groups excluding carboxylic acids is 3. The minimum Gasteiger partial charge on any atom is -0.381 e. The summed E-state index contributed by atoms with van der Waals surface area (Å²) >= 11 is 0. The quantitative estimate of drug-likeness (QED) is 0.330. The highest BCUT2D eigenvalue weighted by Gasteiger charge is 2.47. The fourth-order valence-electron chi connectivity index (χ4n) is 5.42. The largest absolute Gasteiger partial charge is 0.381 e. The highest BCUT2D eigenvalue weighted by molar-refractivity contribution is 6.40. The number of unbranched alkanes of at least 4 members (excludes halogenated alkanes) is 2. The molecule has 1 aromatic rings. The first kappa shape index (κ1) is 27.3.